The number of benzene rings is 8. The van der Waals surface area contributed by atoms with Crippen molar-refractivity contribution in [3.05, 3.63) is 205 Å². The first-order chi connectivity index (χ1) is 27.8. The van der Waals surface area contributed by atoms with Crippen LogP contribution in [0.2, 0.25) is 0 Å². The van der Waals surface area contributed by atoms with Crippen molar-refractivity contribution < 1.29 is 22.6 Å². The Balaban J connectivity index is 1.06. The molecule has 0 aliphatic heterocycles. The summed E-state index contributed by atoms with van der Waals surface area (Å²) in [6, 6.07) is 62.9. The molecule has 280 valence electrons. The summed E-state index contributed by atoms with van der Waals surface area (Å²) in [4.78, 5) is 0.426. The number of hydrogen-bond donors (Lipinski definition) is 0. The molecule has 8 rings (SSSR count). The maximum absolute atomic E-state index is 13.3. The van der Waals surface area contributed by atoms with Gasteiger partial charge in [0, 0.05) is 11.1 Å². The second-order valence-corrected chi connectivity index (χ2v) is 15.7. The van der Waals surface area contributed by atoms with Crippen molar-refractivity contribution in [1.82, 2.24) is 0 Å². The van der Waals surface area contributed by atoms with E-state index in [9.17, 15) is 8.42 Å². The van der Waals surface area contributed by atoms with E-state index in [2.05, 4.69) is 91.9 Å². The summed E-state index contributed by atoms with van der Waals surface area (Å²) in [5.74, 6) is 2.84. The molecule has 0 N–H and O–H groups in total. The molecule has 0 saturated heterocycles. The molecule has 57 heavy (non-hydrogen) atoms. The summed E-state index contributed by atoms with van der Waals surface area (Å²) >= 11 is 0. The first-order valence-corrected chi connectivity index (χ1v) is 20.2. The highest BCUT2D eigenvalue weighted by molar-refractivity contribution is 7.91. The summed E-state index contributed by atoms with van der Waals surface area (Å²) < 4.78 is 44.7. The molecule has 0 fully saturated rings. The SMILES string of the molecule is COc1ccc(S(=O)(=O)c2ccc(COc3ccc(-c4ccc(Oc5ccc(-c6ccc(C)cc6)cc5)c(-c5ccccc5)c4)cc3-c3ccccc3)cc2)cc1. The number of hydrogen-bond acceptors (Lipinski definition) is 5. The van der Waals surface area contributed by atoms with Gasteiger partial charge in [-0.3, -0.25) is 0 Å². The zero-order valence-corrected chi connectivity index (χ0v) is 32.4. The van der Waals surface area contributed by atoms with E-state index in [1.165, 1.54) is 11.1 Å². The summed E-state index contributed by atoms with van der Waals surface area (Å²) in [5.41, 5.74) is 10.4. The van der Waals surface area contributed by atoms with Crippen LogP contribution in [0.4, 0.5) is 0 Å². The fourth-order valence-electron chi connectivity index (χ4n) is 6.73. The van der Waals surface area contributed by atoms with Gasteiger partial charge in [-0.15, -0.1) is 0 Å². The normalized spacial score (nSPS) is 11.2. The Morgan fingerprint density at radius 2 is 0.895 bits per heavy atom. The summed E-state index contributed by atoms with van der Waals surface area (Å²) in [5, 5.41) is 0. The maximum Gasteiger partial charge on any atom is 0.206 e. The van der Waals surface area contributed by atoms with Crippen LogP contribution in [0.15, 0.2) is 204 Å². The van der Waals surface area contributed by atoms with E-state index >= 15 is 0 Å². The van der Waals surface area contributed by atoms with Gasteiger partial charge in [0.2, 0.25) is 9.84 Å². The third-order valence-corrected chi connectivity index (χ3v) is 11.7. The van der Waals surface area contributed by atoms with Crippen LogP contribution in [0, 0.1) is 6.92 Å². The van der Waals surface area contributed by atoms with E-state index in [1.807, 2.05) is 60.7 Å². The predicted molar refractivity (Wildman–Crippen MR) is 229 cm³/mol. The minimum absolute atomic E-state index is 0.210. The average molecular weight is 765 g/mol. The van der Waals surface area contributed by atoms with E-state index in [4.69, 9.17) is 14.2 Å². The highest BCUT2D eigenvalue weighted by Crippen LogP contribution is 2.40. The van der Waals surface area contributed by atoms with Gasteiger partial charge in [0.15, 0.2) is 0 Å². The van der Waals surface area contributed by atoms with Crippen LogP contribution in [0.25, 0.3) is 44.5 Å². The molecular weight excluding hydrogens is 725 g/mol. The lowest BCUT2D eigenvalue weighted by Gasteiger charge is -2.16. The second-order valence-electron chi connectivity index (χ2n) is 13.8. The van der Waals surface area contributed by atoms with Crippen LogP contribution in [0.1, 0.15) is 11.1 Å². The molecule has 0 bridgehead atoms. The van der Waals surface area contributed by atoms with Gasteiger partial charge in [-0.05, 0) is 119 Å². The van der Waals surface area contributed by atoms with E-state index < -0.39 is 9.84 Å². The molecule has 5 nitrogen and oxygen atoms in total. The molecule has 0 amide bonds. The van der Waals surface area contributed by atoms with Crippen molar-refractivity contribution >= 4 is 9.84 Å². The van der Waals surface area contributed by atoms with Crippen molar-refractivity contribution in [1.29, 1.82) is 0 Å². The molecule has 0 heterocycles. The van der Waals surface area contributed by atoms with E-state index in [-0.39, 0.29) is 16.4 Å². The Kier molecular flexibility index (Phi) is 10.7. The number of aryl methyl sites for hydroxylation is 1. The van der Waals surface area contributed by atoms with Gasteiger partial charge in [0.05, 0.1) is 16.9 Å². The molecule has 0 saturated carbocycles. The van der Waals surface area contributed by atoms with Crippen molar-refractivity contribution in [2.24, 2.45) is 0 Å². The molecule has 0 unspecified atom stereocenters. The zero-order valence-electron chi connectivity index (χ0n) is 31.6. The molecule has 6 heteroatoms. The van der Waals surface area contributed by atoms with Crippen LogP contribution in [0.3, 0.4) is 0 Å². The molecule has 0 aliphatic rings. The Bertz CT molecular complexity index is 2710. The zero-order chi connectivity index (χ0) is 39.2. The van der Waals surface area contributed by atoms with Crippen LogP contribution in [-0.4, -0.2) is 15.5 Å². The van der Waals surface area contributed by atoms with Gasteiger partial charge >= 0.3 is 0 Å². The molecule has 0 radical (unpaired) electrons. The van der Waals surface area contributed by atoms with Gasteiger partial charge in [-0.25, -0.2) is 8.42 Å². The molecule has 0 atom stereocenters. The molecule has 8 aromatic rings. The standard InChI is InChI=1S/C51H40O5S/c1-36-13-17-38(18-14-36)39-19-23-45(24-20-39)56-51-32-22-43(34-49(51)41-11-7-4-8-12-41)42-21-31-50(48(33-42)40-9-5-3-6-10-40)55-35-37-15-27-46(28-16-37)57(52,53)47-29-25-44(54-2)26-30-47/h3-34H,35H2,1-2H3. The van der Waals surface area contributed by atoms with Crippen molar-refractivity contribution in [3.63, 3.8) is 0 Å². The lowest BCUT2D eigenvalue weighted by atomic mass is 9.95. The minimum Gasteiger partial charge on any atom is -0.497 e. The lowest BCUT2D eigenvalue weighted by Crippen LogP contribution is -2.03. The number of rotatable bonds is 12. The Morgan fingerprint density at radius 1 is 0.439 bits per heavy atom. The smallest absolute Gasteiger partial charge is 0.206 e. The Morgan fingerprint density at radius 3 is 1.44 bits per heavy atom. The minimum atomic E-state index is -3.68. The third-order valence-electron chi connectivity index (χ3n) is 9.93. The highest BCUT2D eigenvalue weighted by Gasteiger charge is 2.18. The lowest BCUT2D eigenvalue weighted by molar-refractivity contribution is 0.307. The Labute approximate surface area is 334 Å². The van der Waals surface area contributed by atoms with Gasteiger partial charge in [0.25, 0.3) is 0 Å². The van der Waals surface area contributed by atoms with Gasteiger partial charge < -0.3 is 14.2 Å². The fraction of sp³-hybridized carbons (Fsp3) is 0.0588. The van der Waals surface area contributed by atoms with Crippen LogP contribution < -0.4 is 14.2 Å². The highest BCUT2D eigenvalue weighted by atomic mass is 32.2. The number of sulfone groups is 1. The molecule has 8 aromatic carbocycles. The van der Waals surface area contributed by atoms with E-state index in [0.717, 1.165) is 61.8 Å². The van der Waals surface area contributed by atoms with Gasteiger partial charge in [-0.2, -0.15) is 0 Å². The summed E-state index contributed by atoms with van der Waals surface area (Å²) in [7, 11) is -2.13. The number of methoxy groups -OCH3 is 1. The first-order valence-electron chi connectivity index (χ1n) is 18.7. The molecule has 0 aliphatic carbocycles. The topological polar surface area (TPSA) is 61.8 Å². The summed E-state index contributed by atoms with van der Waals surface area (Å²) in [6.45, 7) is 2.36. The average Bonchev–Trinajstić information content (AvgIpc) is 3.27. The van der Waals surface area contributed by atoms with E-state index in [1.54, 1.807) is 55.6 Å². The maximum atomic E-state index is 13.3. The van der Waals surface area contributed by atoms with Crippen LogP contribution in [-0.2, 0) is 16.4 Å². The number of ether oxygens (including phenoxy) is 3. The molecule has 0 spiro atoms. The van der Waals surface area contributed by atoms with Crippen LogP contribution in [0.5, 0.6) is 23.0 Å². The Hall–Kier alpha value is -6.89. The van der Waals surface area contributed by atoms with Gasteiger partial charge in [0.1, 0.15) is 29.6 Å². The van der Waals surface area contributed by atoms with Crippen molar-refractivity contribution in [2.45, 2.75) is 23.3 Å². The summed E-state index contributed by atoms with van der Waals surface area (Å²) in [6.07, 6.45) is 0. The largest absolute Gasteiger partial charge is 0.497 e. The van der Waals surface area contributed by atoms with Gasteiger partial charge in [-0.1, -0.05) is 127 Å². The quantitative estimate of drug-likeness (QED) is 0.124. The first kappa shape index (κ1) is 37.1. The monoisotopic (exact) mass is 764 g/mol. The van der Waals surface area contributed by atoms with Crippen LogP contribution >= 0.6 is 0 Å². The second kappa shape index (κ2) is 16.5. The third kappa shape index (κ3) is 8.37. The van der Waals surface area contributed by atoms with Crippen molar-refractivity contribution in [3.8, 4) is 67.5 Å². The predicted octanol–water partition coefficient (Wildman–Crippen LogP) is 12.9. The van der Waals surface area contributed by atoms with E-state index in [0.29, 0.717) is 5.75 Å². The molecule has 0 aromatic heterocycles. The fourth-order valence-corrected chi connectivity index (χ4v) is 7.99. The molecular formula is C51H40O5S. The van der Waals surface area contributed by atoms with Crippen molar-refractivity contribution in [2.75, 3.05) is 7.11 Å².